The van der Waals surface area contributed by atoms with Gasteiger partial charge in [-0.3, -0.25) is 9.69 Å². The van der Waals surface area contributed by atoms with Crippen LogP contribution in [0.15, 0.2) is 102 Å². The summed E-state index contributed by atoms with van der Waals surface area (Å²) in [6.07, 6.45) is -1.90. The lowest BCUT2D eigenvalue weighted by Crippen LogP contribution is -2.31. The van der Waals surface area contributed by atoms with Gasteiger partial charge in [0.15, 0.2) is 11.5 Å². The van der Waals surface area contributed by atoms with Crippen LogP contribution < -0.4 is 14.8 Å². The van der Waals surface area contributed by atoms with E-state index >= 15 is 0 Å². The maximum Gasteiger partial charge on any atom is 0.416 e. The van der Waals surface area contributed by atoms with Crippen molar-refractivity contribution < 1.29 is 27.4 Å². The number of hydrogen-bond donors (Lipinski definition) is 1. The molecule has 2 heterocycles. The molecule has 244 valence electrons. The van der Waals surface area contributed by atoms with Crippen LogP contribution in [0, 0.1) is 6.92 Å². The Bertz CT molecular complexity index is 1840. The van der Waals surface area contributed by atoms with E-state index in [1.807, 2.05) is 48.2 Å². The summed E-state index contributed by atoms with van der Waals surface area (Å²) in [6, 6.07) is 27.9. The lowest BCUT2D eigenvalue weighted by Gasteiger charge is -2.22. The molecular formula is C37H36F3N3O3S. The van der Waals surface area contributed by atoms with Crippen molar-refractivity contribution in [3.8, 4) is 11.5 Å². The summed E-state index contributed by atoms with van der Waals surface area (Å²) in [5.74, 6) is 2.28. The molecule has 0 saturated heterocycles. The zero-order chi connectivity index (χ0) is 32.8. The highest BCUT2D eigenvalue weighted by Gasteiger charge is 2.33. The SMILES string of the molecule is Cc1ccc(Cn2ccc3cc(C(=O)NCCCN(CCSc4ccccc4)Cc4ccc5c(c4)OCO5)ccc32)c(C(F)(F)F)c1. The van der Waals surface area contributed by atoms with Crippen LogP contribution in [0.3, 0.4) is 0 Å². The number of rotatable bonds is 13. The number of hydrogen-bond acceptors (Lipinski definition) is 5. The minimum atomic E-state index is -4.43. The number of halogens is 3. The lowest BCUT2D eigenvalue weighted by molar-refractivity contribution is -0.138. The van der Waals surface area contributed by atoms with Gasteiger partial charge in [-0.15, -0.1) is 11.8 Å². The number of carbonyl (C=O) groups is 1. The van der Waals surface area contributed by atoms with Gasteiger partial charge in [-0.1, -0.05) is 42.0 Å². The van der Waals surface area contributed by atoms with E-state index in [9.17, 15) is 18.0 Å². The van der Waals surface area contributed by atoms with Gasteiger partial charge in [0.05, 0.1) is 5.56 Å². The van der Waals surface area contributed by atoms with Crippen molar-refractivity contribution in [3.05, 3.63) is 125 Å². The molecular weight excluding hydrogens is 623 g/mol. The van der Waals surface area contributed by atoms with Gasteiger partial charge >= 0.3 is 6.18 Å². The minimum Gasteiger partial charge on any atom is -0.454 e. The Kier molecular flexibility index (Phi) is 10.1. The average Bonchev–Trinajstić information content (AvgIpc) is 3.70. The van der Waals surface area contributed by atoms with Crippen LogP contribution in [-0.4, -0.2) is 47.6 Å². The Morgan fingerprint density at radius 1 is 0.936 bits per heavy atom. The molecule has 0 bridgehead atoms. The first-order valence-electron chi connectivity index (χ1n) is 15.6. The number of ether oxygens (including phenoxy) is 2. The van der Waals surface area contributed by atoms with Gasteiger partial charge < -0.3 is 19.4 Å². The summed E-state index contributed by atoms with van der Waals surface area (Å²) in [4.78, 5) is 16.7. The molecule has 0 aliphatic carbocycles. The van der Waals surface area contributed by atoms with Crippen LogP contribution in [0.2, 0.25) is 0 Å². The fourth-order valence-electron chi connectivity index (χ4n) is 5.74. The van der Waals surface area contributed by atoms with Crippen LogP contribution >= 0.6 is 11.8 Å². The maximum absolute atomic E-state index is 13.7. The normalized spacial score (nSPS) is 12.6. The lowest BCUT2D eigenvalue weighted by atomic mass is 10.0. The summed E-state index contributed by atoms with van der Waals surface area (Å²) < 4.78 is 53.8. The van der Waals surface area contributed by atoms with Crippen molar-refractivity contribution in [3.63, 3.8) is 0 Å². The highest BCUT2D eigenvalue weighted by atomic mass is 32.2. The second-order valence-electron chi connectivity index (χ2n) is 11.6. The van der Waals surface area contributed by atoms with E-state index in [4.69, 9.17) is 9.47 Å². The Labute approximate surface area is 276 Å². The molecule has 1 aliphatic rings. The molecule has 1 N–H and O–H groups in total. The van der Waals surface area contributed by atoms with Gasteiger partial charge in [-0.05, 0) is 79.1 Å². The zero-order valence-electron chi connectivity index (χ0n) is 26.1. The third kappa shape index (κ3) is 8.31. The number of carbonyl (C=O) groups excluding carboxylic acids is 1. The van der Waals surface area contributed by atoms with Gasteiger partial charge in [0.1, 0.15) is 0 Å². The average molecular weight is 660 g/mol. The molecule has 0 spiro atoms. The van der Waals surface area contributed by atoms with E-state index in [2.05, 4.69) is 28.4 Å². The highest BCUT2D eigenvalue weighted by Crippen LogP contribution is 2.34. The molecule has 6 nitrogen and oxygen atoms in total. The van der Waals surface area contributed by atoms with Crippen molar-refractivity contribution in [1.82, 2.24) is 14.8 Å². The number of nitrogens with one attached hydrogen (secondary N) is 1. The second kappa shape index (κ2) is 14.6. The largest absolute Gasteiger partial charge is 0.454 e. The minimum absolute atomic E-state index is 0.0801. The Hall–Kier alpha value is -4.41. The number of nitrogens with zero attached hydrogens (tertiary/aromatic N) is 2. The number of aryl methyl sites for hydroxylation is 1. The predicted octanol–water partition coefficient (Wildman–Crippen LogP) is 8.16. The molecule has 10 heteroatoms. The van der Waals surface area contributed by atoms with Crippen LogP contribution in [0.4, 0.5) is 13.2 Å². The monoisotopic (exact) mass is 659 g/mol. The first kappa shape index (κ1) is 32.5. The fourth-order valence-corrected chi connectivity index (χ4v) is 6.67. The summed E-state index contributed by atoms with van der Waals surface area (Å²) >= 11 is 1.82. The van der Waals surface area contributed by atoms with E-state index in [1.54, 1.807) is 42.0 Å². The summed E-state index contributed by atoms with van der Waals surface area (Å²) in [6.45, 7) is 4.91. The van der Waals surface area contributed by atoms with E-state index in [0.29, 0.717) is 17.7 Å². The first-order valence-corrected chi connectivity index (χ1v) is 16.5. The van der Waals surface area contributed by atoms with Crippen molar-refractivity contribution in [2.24, 2.45) is 0 Å². The number of thioether (sulfide) groups is 1. The van der Waals surface area contributed by atoms with Crippen molar-refractivity contribution >= 4 is 28.6 Å². The number of fused-ring (bicyclic) bond motifs is 2. The standard InChI is InChI=1S/C37H36F3N3O3S/c1-26-8-10-30(32(20-26)37(38,39)40)24-43-17-14-28-22-29(11-12-33(28)43)36(44)41-15-5-16-42(18-19-47-31-6-3-2-4-7-31)23-27-9-13-34-35(21-27)46-25-45-34/h2-4,6-14,17,20-22H,5,15-16,18-19,23-25H2,1H3,(H,41,44). The van der Waals surface area contributed by atoms with Gasteiger partial charge in [-0.2, -0.15) is 13.2 Å². The summed E-state index contributed by atoms with van der Waals surface area (Å²) in [7, 11) is 0. The van der Waals surface area contributed by atoms with E-state index in [0.717, 1.165) is 59.8 Å². The number of benzene rings is 4. The van der Waals surface area contributed by atoms with Crippen LogP contribution in [0.25, 0.3) is 10.9 Å². The van der Waals surface area contributed by atoms with Gasteiger partial charge in [0.25, 0.3) is 5.91 Å². The smallest absolute Gasteiger partial charge is 0.416 e. The van der Waals surface area contributed by atoms with Crippen molar-refractivity contribution in [2.45, 2.75) is 37.5 Å². The van der Waals surface area contributed by atoms with E-state index < -0.39 is 11.7 Å². The Morgan fingerprint density at radius 3 is 2.60 bits per heavy atom. The molecule has 0 saturated carbocycles. The molecule has 5 aromatic rings. The van der Waals surface area contributed by atoms with Crippen LogP contribution in [0.5, 0.6) is 11.5 Å². The Balaban J connectivity index is 1.05. The summed E-state index contributed by atoms with van der Waals surface area (Å²) in [5, 5.41) is 3.83. The molecule has 0 atom stereocenters. The van der Waals surface area contributed by atoms with Crippen molar-refractivity contribution in [2.75, 3.05) is 32.2 Å². The van der Waals surface area contributed by atoms with Crippen LogP contribution in [-0.2, 0) is 19.3 Å². The number of amides is 1. The maximum atomic E-state index is 13.7. The molecule has 4 aromatic carbocycles. The quantitative estimate of drug-likeness (QED) is 0.102. The fraction of sp³-hybridized carbons (Fsp3) is 0.270. The highest BCUT2D eigenvalue weighted by molar-refractivity contribution is 7.99. The van der Waals surface area contributed by atoms with E-state index in [1.165, 1.54) is 17.0 Å². The molecule has 0 unspecified atom stereocenters. The van der Waals surface area contributed by atoms with Crippen molar-refractivity contribution in [1.29, 1.82) is 0 Å². The zero-order valence-corrected chi connectivity index (χ0v) is 26.9. The van der Waals surface area contributed by atoms with Gasteiger partial charge in [0.2, 0.25) is 6.79 Å². The summed E-state index contributed by atoms with van der Waals surface area (Å²) in [5.41, 5.74) is 2.56. The third-order valence-corrected chi connectivity index (χ3v) is 9.14. The molecule has 1 amide bonds. The van der Waals surface area contributed by atoms with Crippen LogP contribution in [0.1, 0.15) is 39.0 Å². The second-order valence-corrected chi connectivity index (χ2v) is 12.8. The first-order chi connectivity index (χ1) is 22.7. The third-order valence-electron chi connectivity index (χ3n) is 8.14. The molecule has 0 fully saturated rings. The molecule has 6 rings (SSSR count). The van der Waals surface area contributed by atoms with Gasteiger partial charge in [-0.25, -0.2) is 0 Å². The molecule has 47 heavy (non-hydrogen) atoms. The van der Waals surface area contributed by atoms with E-state index in [-0.39, 0.29) is 24.8 Å². The predicted molar refractivity (Wildman–Crippen MR) is 179 cm³/mol. The number of alkyl halides is 3. The molecule has 1 aromatic heterocycles. The topological polar surface area (TPSA) is 55.7 Å². The molecule has 0 radical (unpaired) electrons. The number of aromatic nitrogens is 1. The van der Waals surface area contributed by atoms with Gasteiger partial charge in [0, 0.05) is 66.0 Å². The molecule has 1 aliphatic heterocycles. The Morgan fingerprint density at radius 2 is 1.77 bits per heavy atom.